The van der Waals surface area contributed by atoms with Crippen LogP contribution in [0.2, 0.25) is 0 Å². The van der Waals surface area contributed by atoms with Gasteiger partial charge in [-0.05, 0) is 18.2 Å². The summed E-state index contributed by atoms with van der Waals surface area (Å²) in [7, 11) is 0. The minimum absolute atomic E-state index is 0.0187. The Kier molecular flexibility index (Phi) is 4.94. The highest BCUT2D eigenvalue weighted by atomic mass is 16.7. The maximum Gasteiger partial charge on any atom is 0.269 e. The first kappa shape index (κ1) is 16.5. The summed E-state index contributed by atoms with van der Waals surface area (Å²) in [6.07, 6.45) is 0.0465. The highest BCUT2D eigenvalue weighted by Crippen LogP contribution is 2.32. The number of fused-ring (bicyclic) bond motifs is 1. The lowest BCUT2D eigenvalue weighted by atomic mass is 10.1. The number of hydrogen-bond donors (Lipinski definition) is 2. The number of ether oxygens (including phenoxy) is 2. The molecular formula is C18H16N2O5. The van der Waals surface area contributed by atoms with Crippen molar-refractivity contribution in [1.82, 2.24) is 10.9 Å². The highest BCUT2D eigenvalue weighted by molar-refractivity contribution is 5.99. The van der Waals surface area contributed by atoms with Crippen molar-refractivity contribution in [3.8, 4) is 11.5 Å². The third-order valence-corrected chi connectivity index (χ3v) is 3.63. The van der Waals surface area contributed by atoms with Gasteiger partial charge in [-0.3, -0.25) is 25.2 Å². The molecule has 128 valence electrons. The van der Waals surface area contributed by atoms with Gasteiger partial charge in [0, 0.05) is 24.0 Å². The van der Waals surface area contributed by atoms with Crippen molar-refractivity contribution in [3.63, 3.8) is 0 Å². The summed E-state index contributed by atoms with van der Waals surface area (Å²) in [6, 6.07) is 13.4. The molecule has 7 nitrogen and oxygen atoms in total. The van der Waals surface area contributed by atoms with Crippen molar-refractivity contribution in [2.24, 2.45) is 0 Å². The average molecular weight is 340 g/mol. The number of amides is 2. The normalized spacial score (nSPS) is 11.7. The summed E-state index contributed by atoms with van der Waals surface area (Å²) in [5.41, 5.74) is 5.48. The number of hydrogen-bond acceptors (Lipinski definition) is 5. The number of benzene rings is 2. The predicted molar refractivity (Wildman–Crippen MR) is 88.2 cm³/mol. The molecule has 2 N–H and O–H groups in total. The fraction of sp³-hybridized carbons (Fsp3) is 0.167. The van der Waals surface area contributed by atoms with Crippen molar-refractivity contribution in [2.75, 3.05) is 6.79 Å². The smallest absolute Gasteiger partial charge is 0.269 e. The standard InChI is InChI=1S/C18H16N2O5/c21-14(12-4-2-1-3-5-12)7-9-17(22)19-20-18(23)13-6-8-15-16(10-13)25-11-24-15/h1-6,8,10H,7,9,11H2,(H,19,22)(H,20,23). The van der Waals surface area contributed by atoms with E-state index in [1.807, 2.05) is 6.07 Å². The maximum atomic E-state index is 12.0. The molecule has 7 heteroatoms. The summed E-state index contributed by atoms with van der Waals surface area (Å²) >= 11 is 0. The van der Waals surface area contributed by atoms with Gasteiger partial charge in [-0.15, -0.1) is 0 Å². The molecule has 0 aromatic heterocycles. The van der Waals surface area contributed by atoms with Gasteiger partial charge in [0.25, 0.3) is 5.91 Å². The van der Waals surface area contributed by atoms with E-state index in [4.69, 9.17) is 9.47 Å². The van der Waals surface area contributed by atoms with E-state index in [0.717, 1.165) is 0 Å². The third kappa shape index (κ3) is 4.14. The van der Waals surface area contributed by atoms with Crippen LogP contribution >= 0.6 is 0 Å². The summed E-state index contributed by atoms with van der Waals surface area (Å²) in [5.74, 6) is -0.00954. The second-order valence-electron chi connectivity index (χ2n) is 5.36. The summed E-state index contributed by atoms with van der Waals surface area (Å²) in [4.78, 5) is 35.7. The number of Topliss-reactive ketones (excluding diaryl/α,β-unsaturated/α-hetero) is 1. The van der Waals surface area contributed by atoms with Crippen molar-refractivity contribution >= 4 is 17.6 Å². The molecule has 2 aromatic carbocycles. The summed E-state index contributed by atoms with van der Waals surface area (Å²) in [6.45, 7) is 0.118. The van der Waals surface area contributed by atoms with Crippen LogP contribution < -0.4 is 20.3 Å². The lowest BCUT2D eigenvalue weighted by molar-refractivity contribution is -0.121. The van der Waals surface area contributed by atoms with E-state index in [9.17, 15) is 14.4 Å². The molecule has 2 amide bonds. The number of carbonyl (C=O) groups excluding carboxylic acids is 3. The topological polar surface area (TPSA) is 93.7 Å². The van der Waals surface area contributed by atoms with Crippen LogP contribution in [0.4, 0.5) is 0 Å². The lowest BCUT2D eigenvalue weighted by Crippen LogP contribution is -2.41. The fourth-order valence-electron chi connectivity index (χ4n) is 2.29. The van der Waals surface area contributed by atoms with Gasteiger partial charge >= 0.3 is 0 Å². The molecule has 25 heavy (non-hydrogen) atoms. The predicted octanol–water partition coefficient (Wildman–Crippen LogP) is 1.84. The Labute approximate surface area is 143 Å². The monoisotopic (exact) mass is 340 g/mol. The molecule has 3 rings (SSSR count). The minimum Gasteiger partial charge on any atom is -0.454 e. The number of hydrazine groups is 1. The van der Waals surface area contributed by atoms with Gasteiger partial charge in [0.2, 0.25) is 12.7 Å². The zero-order chi connectivity index (χ0) is 17.6. The molecule has 0 saturated heterocycles. The van der Waals surface area contributed by atoms with Crippen molar-refractivity contribution in [2.45, 2.75) is 12.8 Å². The SMILES string of the molecule is O=C(CCC(=O)c1ccccc1)NNC(=O)c1ccc2c(c1)OCO2. The van der Waals surface area contributed by atoms with E-state index in [-0.39, 0.29) is 25.4 Å². The Morgan fingerprint density at radius 1 is 0.840 bits per heavy atom. The fourth-order valence-corrected chi connectivity index (χ4v) is 2.29. The van der Waals surface area contributed by atoms with Crippen LogP contribution in [0.1, 0.15) is 33.6 Å². The van der Waals surface area contributed by atoms with Crippen LogP contribution in [-0.2, 0) is 4.79 Å². The van der Waals surface area contributed by atoms with E-state index < -0.39 is 11.8 Å². The Bertz CT molecular complexity index is 804. The molecule has 0 atom stereocenters. The molecule has 1 aliphatic rings. The summed E-state index contributed by atoms with van der Waals surface area (Å²) in [5, 5.41) is 0. The first-order chi connectivity index (χ1) is 12.1. The Balaban J connectivity index is 1.46. The molecule has 0 spiro atoms. The molecule has 2 aromatic rings. The van der Waals surface area contributed by atoms with Gasteiger partial charge in [0.05, 0.1) is 0 Å². The van der Waals surface area contributed by atoms with Gasteiger partial charge in [-0.25, -0.2) is 0 Å². The lowest BCUT2D eigenvalue weighted by Gasteiger charge is -2.08. The zero-order valence-corrected chi connectivity index (χ0v) is 13.3. The van der Waals surface area contributed by atoms with Gasteiger partial charge in [-0.1, -0.05) is 30.3 Å². The number of rotatable bonds is 5. The minimum atomic E-state index is -0.485. The number of nitrogens with one attached hydrogen (secondary N) is 2. The second-order valence-corrected chi connectivity index (χ2v) is 5.36. The first-order valence-corrected chi connectivity index (χ1v) is 7.70. The van der Waals surface area contributed by atoms with Gasteiger partial charge in [0.15, 0.2) is 17.3 Å². The zero-order valence-electron chi connectivity index (χ0n) is 13.3. The van der Waals surface area contributed by atoms with E-state index in [2.05, 4.69) is 10.9 Å². The molecule has 0 unspecified atom stereocenters. The third-order valence-electron chi connectivity index (χ3n) is 3.63. The quantitative estimate of drug-likeness (QED) is 0.640. The van der Waals surface area contributed by atoms with E-state index in [1.54, 1.807) is 36.4 Å². The second kappa shape index (κ2) is 7.48. The maximum absolute atomic E-state index is 12.0. The van der Waals surface area contributed by atoms with Crippen LogP contribution in [0, 0.1) is 0 Å². The van der Waals surface area contributed by atoms with Crippen molar-refractivity contribution in [3.05, 3.63) is 59.7 Å². The van der Waals surface area contributed by atoms with Gasteiger partial charge in [-0.2, -0.15) is 0 Å². The summed E-state index contributed by atoms with van der Waals surface area (Å²) < 4.78 is 10.4. The van der Waals surface area contributed by atoms with Crippen LogP contribution in [0.25, 0.3) is 0 Å². The Morgan fingerprint density at radius 2 is 1.60 bits per heavy atom. The molecule has 1 heterocycles. The van der Waals surface area contributed by atoms with Crippen LogP contribution in [0.3, 0.4) is 0 Å². The van der Waals surface area contributed by atoms with Gasteiger partial charge in [0.1, 0.15) is 0 Å². The Morgan fingerprint density at radius 3 is 2.40 bits per heavy atom. The van der Waals surface area contributed by atoms with E-state index >= 15 is 0 Å². The Hall–Kier alpha value is -3.35. The average Bonchev–Trinajstić information content (AvgIpc) is 3.12. The van der Waals surface area contributed by atoms with E-state index in [0.29, 0.717) is 22.6 Å². The van der Waals surface area contributed by atoms with Crippen molar-refractivity contribution < 1.29 is 23.9 Å². The largest absolute Gasteiger partial charge is 0.454 e. The van der Waals surface area contributed by atoms with Crippen LogP contribution in [0.5, 0.6) is 11.5 Å². The first-order valence-electron chi connectivity index (χ1n) is 7.70. The van der Waals surface area contributed by atoms with Gasteiger partial charge < -0.3 is 9.47 Å². The number of ketones is 1. The van der Waals surface area contributed by atoms with Crippen LogP contribution in [-0.4, -0.2) is 24.4 Å². The molecule has 1 aliphatic heterocycles. The molecule has 0 bridgehead atoms. The molecule has 0 radical (unpaired) electrons. The number of carbonyl (C=O) groups is 3. The van der Waals surface area contributed by atoms with E-state index in [1.165, 1.54) is 6.07 Å². The van der Waals surface area contributed by atoms with Crippen molar-refractivity contribution in [1.29, 1.82) is 0 Å². The molecule has 0 saturated carbocycles. The molecule has 0 aliphatic carbocycles. The molecular weight excluding hydrogens is 324 g/mol. The molecule has 0 fully saturated rings. The van der Waals surface area contributed by atoms with Crippen LogP contribution in [0.15, 0.2) is 48.5 Å². The highest BCUT2D eigenvalue weighted by Gasteiger charge is 2.16.